The van der Waals surface area contributed by atoms with Crippen LogP contribution in [-0.4, -0.2) is 12.7 Å². The van der Waals surface area contributed by atoms with Gasteiger partial charge in [0.1, 0.15) is 4.49 Å². The SMILES string of the molecule is ClC(Cl)=C(Cl)[C@H]1[C@H]2CCCO[C@H]21. The molecule has 0 unspecified atom stereocenters. The Bertz CT molecular complexity index is 210. The summed E-state index contributed by atoms with van der Waals surface area (Å²) in [6, 6.07) is 0. The van der Waals surface area contributed by atoms with Crippen LogP contribution in [0.4, 0.5) is 0 Å². The Morgan fingerprint density at radius 3 is 2.50 bits per heavy atom. The summed E-state index contributed by atoms with van der Waals surface area (Å²) < 4.78 is 5.69. The van der Waals surface area contributed by atoms with E-state index in [-0.39, 0.29) is 10.4 Å². The molecule has 0 aromatic heterocycles. The predicted molar refractivity (Wildman–Crippen MR) is 50.5 cm³/mol. The second-order valence-corrected chi connectivity index (χ2v) is 4.63. The first-order valence-electron chi connectivity index (χ1n) is 4.04. The molecule has 4 heteroatoms. The van der Waals surface area contributed by atoms with Crippen LogP contribution < -0.4 is 0 Å². The molecule has 0 N–H and O–H groups in total. The molecule has 12 heavy (non-hydrogen) atoms. The normalized spacial score (nSPS) is 38.8. The molecule has 0 spiro atoms. The van der Waals surface area contributed by atoms with Gasteiger partial charge in [-0.05, 0) is 18.8 Å². The van der Waals surface area contributed by atoms with Crippen molar-refractivity contribution in [3.63, 3.8) is 0 Å². The molecule has 0 bridgehead atoms. The zero-order valence-corrected chi connectivity index (χ0v) is 8.66. The van der Waals surface area contributed by atoms with Gasteiger partial charge in [-0.15, -0.1) is 0 Å². The second-order valence-electron chi connectivity index (χ2n) is 3.28. The Morgan fingerprint density at radius 1 is 1.25 bits per heavy atom. The summed E-state index contributed by atoms with van der Waals surface area (Å²) in [5.41, 5.74) is 0. The maximum absolute atomic E-state index is 5.92. The lowest BCUT2D eigenvalue weighted by molar-refractivity contribution is 0.0770. The van der Waals surface area contributed by atoms with Gasteiger partial charge in [0, 0.05) is 12.5 Å². The van der Waals surface area contributed by atoms with Crippen molar-refractivity contribution in [1.29, 1.82) is 0 Å². The largest absolute Gasteiger partial charge is 0.377 e. The summed E-state index contributed by atoms with van der Waals surface area (Å²) in [5, 5.41) is 0.579. The van der Waals surface area contributed by atoms with Crippen molar-refractivity contribution >= 4 is 34.8 Å². The van der Waals surface area contributed by atoms with Gasteiger partial charge in [-0.1, -0.05) is 34.8 Å². The first kappa shape index (κ1) is 9.14. The number of rotatable bonds is 1. The highest BCUT2D eigenvalue weighted by molar-refractivity contribution is 6.59. The molecular formula is C8H9Cl3O. The summed E-state index contributed by atoms with van der Waals surface area (Å²) in [4.78, 5) is 0. The fourth-order valence-corrected chi connectivity index (χ4v) is 2.45. The van der Waals surface area contributed by atoms with Gasteiger partial charge in [0.2, 0.25) is 0 Å². The van der Waals surface area contributed by atoms with Crippen molar-refractivity contribution < 1.29 is 4.74 Å². The fourth-order valence-electron chi connectivity index (χ4n) is 1.91. The molecule has 2 fully saturated rings. The topological polar surface area (TPSA) is 9.23 Å². The molecule has 1 nitrogen and oxygen atoms in total. The zero-order valence-electron chi connectivity index (χ0n) is 6.40. The van der Waals surface area contributed by atoms with E-state index in [0.29, 0.717) is 17.1 Å². The van der Waals surface area contributed by atoms with E-state index in [4.69, 9.17) is 39.5 Å². The van der Waals surface area contributed by atoms with Crippen molar-refractivity contribution in [2.75, 3.05) is 6.61 Å². The number of fused-ring (bicyclic) bond motifs is 1. The summed E-state index contributed by atoms with van der Waals surface area (Å²) in [7, 11) is 0. The highest BCUT2D eigenvalue weighted by Gasteiger charge is 2.54. The van der Waals surface area contributed by atoms with Crippen LogP contribution in [0.2, 0.25) is 0 Å². The van der Waals surface area contributed by atoms with Gasteiger partial charge in [0.15, 0.2) is 0 Å². The third-order valence-corrected chi connectivity index (χ3v) is 3.60. The minimum absolute atomic E-state index is 0.194. The smallest absolute Gasteiger partial charge is 0.121 e. The van der Waals surface area contributed by atoms with E-state index in [1.165, 1.54) is 6.42 Å². The van der Waals surface area contributed by atoms with Crippen LogP contribution in [0, 0.1) is 11.8 Å². The molecule has 0 amide bonds. The van der Waals surface area contributed by atoms with E-state index in [1.54, 1.807) is 0 Å². The van der Waals surface area contributed by atoms with Crippen LogP contribution in [0.25, 0.3) is 0 Å². The van der Waals surface area contributed by atoms with E-state index in [2.05, 4.69) is 0 Å². The number of halogens is 3. The molecule has 3 atom stereocenters. The third-order valence-electron chi connectivity index (χ3n) is 2.56. The average molecular weight is 228 g/mol. The lowest BCUT2D eigenvalue weighted by Gasteiger charge is -2.07. The highest BCUT2D eigenvalue weighted by Crippen LogP contribution is 2.54. The van der Waals surface area contributed by atoms with Crippen LogP contribution in [0.1, 0.15) is 12.8 Å². The van der Waals surface area contributed by atoms with E-state index in [9.17, 15) is 0 Å². The maximum Gasteiger partial charge on any atom is 0.121 e. The monoisotopic (exact) mass is 226 g/mol. The molecule has 68 valence electrons. The minimum atomic E-state index is 0.194. The van der Waals surface area contributed by atoms with Crippen LogP contribution in [0.3, 0.4) is 0 Å². The fraction of sp³-hybridized carbons (Fsp3) is 0.750. The highest BCUT2D eigenvalue weighted by atomic mass is 35.5. The molecule has 2 aliphatic rings. The van der Waals surface area contributed by atoms with Gasteiger partial charge < -0.3 is 4.74 Å². The molecule has 0 aromatic carbocycles. The maximum atomic E-state index is 5.92. The molecule has 1 saturated carbocycles. The van der Waals surface area contributed by atoms with Gasteiger partial charge in [-0.2, -0.15) is 0 Å². The Hall–Kier alpha value is 0.570. The van der Waals surface area contributed by atoms with Gasteiger partial charge in [-0.3, -0.25) is 0 Å². The van der Waals surface area contributed by atoms with Crippen molar-refractivity contribution in [3.8, 4) is 0 Å². The average Bonchev–Trinajstić information content (AvgIpc) is 2.76. The summed E-state index contributed by atoms with van der Waals surface area (Å²) >= 11 is 17.1. The Labute approximate surface area is 86.6 Å². The standard InChI is InChI=1S/C8H9Cl3O/c9-6(8(10)11)5-4-2-1-3-12-7(4)5/h4-5,7H,1-3H2/t4-,5-,7-/m1/s1. The molecule has 2 rings (SSSR count). The van der Waals surface area contributed by atoms with Crippen molar-refractivity contribution in [3.05, 3.63) is 9.52 Å². The molecule has 1 saturated heterocycles. The summed E-state index contributed by atoms with van der Waals surface area (Å²) in [5.74, 6) is 0.845. The molecule has 0 aromatic rings. The van der Waals surface area contributed by atoms with E-state index in [0.717, 1.165) is 13.0 Å². The summed E-state index contributed by atoms with van der Waals surface area (Å²) in [6.07, 6.45) is 2.60. The Kier molecular flexibility index (Phi) is 2.57. The molecule has 0 radical (unpaired) electrons. The predicted octanol–water partition coefficient (Wildman–Crippen LogP) is 3.30. The van der Waals surface area contributed by atoms with Crippen LogP contribution in [0.5, 0.6) is 0 Å². The number of hydrogen-bond acceptors (Lipinski definition) is 1. The third kappa shape index (κ3) is 1.48. The number of ether oxygens (including phenoxy) is 1. The zero-order chi connectivity index (χ0) is 8.72. The van der Waals surface area contributed by atoms with Crippen LogP contribution in [0.15, 0.2) is 9.52 Å². The van der Waals surface area contributed by atoms with Crippen LogP contribution in [-0.2, 0) is 4.74 Å². The minimum Gasteiger partial charge on any atom is -0.377 e. The molecular weight excluding hydrogens is 218 g/mol. The van der Waals surface area contributed by atoms with E-state index < -0.39 is 0 Å². The van der Waals surface area contributed by atoms with Gasteiger partial charge in [0.25, 0.3) is 0 Å². The second kappa shape index (κ2) is 3.38. The molecule has 1 aliphatic carbocycles. The Balaban J connectivity index is 2.05. The molecule has 1 aliphatic heterocycles. The molecule has 1 heterocycles. The van der Waals surface area contributed by atoms with Crippen molar-refractivity contribution in [2.24, 2.45) is 11.8 Å². The Morgan fingerprint density at radius 2 is 2.00 bits per heavy atom. The lowest BCUT2D eigenvalue weighted by Crippen LogP contribution is -2.05. The van der Waals surface area contributed by atoms with Gasteiger partial charge in [-0.25, -0.2) is 0 Å². The van der Waals surface area contributed by atoms with Crippen LogP contribution >= 0.6 is 34.8 Å². The first-order valence-corrected chi connectivity index (χ1v) is 5.17. The van der Waals surface area contributed by atoms with Gasteiger partial charge in [0.05, 0.1) is 11.1 Å². The lowest BCUT2D eigenvalue weighted by atomic mass is 10.2. The number of hydrogen-bond donors (Lipinski definition) is 0. The van der Waals surface area contributed by atoms with E-state index in [1.807, 2.05) is 0 Å². The quantitative estimate of drug-likeness (QED) is 0.668. The summed E-state index contributed by atoms with van der Waals surface area (Å²) in [6.45, 7) is 0.849. The van der Waals surface area contributed by atoms with Crippen molar-refractivity contribution in [2.45, 2.75) is 18.9 Å². The first-order chi connectivity index (χ1) is 5.72. The van der Waals surface area contributed by atoms with Crippen molar-refractivity contribution in [1.82, 2.24) is 0 Å². The van der Waals surface area contributed by atoms with Gasteiger partial charge >= 0.3 is 0 Å². The van der Waals surface area contributed by atoms with E-state index >= 15 is 0 Å².